The summed E-state index contributed by atoms with van der Waals surface area (Å²) in [6, 6.07) is 8.40. The lowest BCUT2D eigenvalue weighted by atomic mass is 9.84. The van der Waals surface area contributed by atoms with Crippen molar-refractivity contribution in [1.29, 1.82) is 0 Å². The molecule has 31 heavy (non-hydrogen) atoms. The van der Waals surface area contributed by atoms with Crippen LogP contribution in [-0.4, -0.2) is 0 Å². The molecule has 0 amide bonds. The van der Waals surface area contributed by atoms with E-state index in [0.29, 0.717) is 5.41 Å². The predicted molar refractivity (Wildman–Crippen MR) is 152 cm³/mol. The molecule has 0 heteroatoms. The van der Waals surface area contributed by atoms with Crippen LogP contribution in [0.1, 0.15) is 107 Å². The lowest BCUT2D eigenvalue weighted by molar-refractivity contribution is 0.431. The minimum Gasteiger partial charge on any atom is -0.0996 e. The average Bonchev–Trinajstić information content (AvgIpc) is 2.80. The number of rotatable bonds is 6. The van der Waals surface area contributed by atoms with Crippen LogP contribution in [0.25, 0.3) is 0 Å². The summed E-state index contributed by atoms with van der Waals surface area (Å²) in [4.78, 5) is 0. The topological polar surface area (TPSA) is 0 Å². The predicted octanol–water partition coefficient (Wildman–Crippen LogP) is 11.3. The summed E-state index contributed by atoms with van der Waals surface area (Å²) in [5.41, 5.74) is 5.50. The van der Waals surface area contributed by atoms with Crippen molar-refractivity contribution < 1.29 is 0 Å². The average molecular weight is 431 g/mol. The highest BCUT2D eigenvalue weighted by Gasteiger charge is 2.14. The van der Waals surface area contributed by atoms with Gasteiger partial charge in [0.15, 0.2) is 0 Å². The lowest BCUT2D eigenvalue weighted by Gasteiger charge is -2.22. The van der Waals surface area contributed by atoms with Crippen LogP contribution in [0.2, 0.25) is 0 Å². The van der Waals surface area contributed by atoms with Crippen molar-refractivity contribution in [2.75, 3.05) is 0 Å². The van der Waals surface area contributed by atoms with Crippen LogP contribution in [-0.2, 0) is 6.42 Å². The summed E-state index contributed by atoms with van der Waals surface area (Å²) in [6.45, 7) is 38.5. The van der Waals surface area contributed by atoms with Crippen LogP contribution in [0.15, 0.2) is 73.4 Å². The molecule has 0 aromatic heterocycles. The molecule has 0 heterocycles. The molecule has 182 valence electrons. The van der Waals surface area contributed by atoms with E-state index in [1.54, 1.807) is 6.08 Å². The van der Waals surface area contributed by atoms with Gasteiger partial charge in [-0.25, -0.2) is 0 Å². The molecule has 0 aliphatic rings. The molecular formula is C31H58. The Kier molecular flexibility index (Phi) is 38.8. The minimum atomic E-state index is 0.347. The van der Waals surface area contributed by atoms with E-state index in [-0.39, 0.29) is 0 Å². The molecule has 0 aliphatic heterocycles. The van der Waals surface area contributed by atoms with E-state index in [1.807, 2.05) is 53.7 Å². The molecular weight excluding hydrogens is 372 g/mol. The van der Waals surface area contributed by atoms with Gasteiger partial charge in [0.1, 0.15) is 0 Å². The standard InChI is InChI=1S/C14H16.C8H16.C3H8.3C2H6/c1-4-8-13(5-2)11-14-10-7-6-9-12(14)3;1-6-8(4,5)7(2)3;1-3-2;3*1-2/h4-10H,1-2,11H2,3H3;2,6H2,1,3-5H3;3H2,1-2H3;3*1-2H3/b13-8+;;;;;. The molecule has 0 nitrogen and oxygen atoms in total. The third-order valence-corrected chi connectivity index (χ3v) is 4.29. The Hall–Kier alpha value is -1.82. The molecule has 0 saturated carbocycles. The fourth-order valence-electron chi connectivity index (χ4n) is 1.68. The van der Waals surface area contributed by atoms with E-state index >= 15 is 0 Å². The van der Waals surface area contributed by atoms with E-state index in [4.69, 9.17) is 0 Å². The van der Waals surface area contributed by atoms with E-state index in [1.165, 1.54) is 35.1 Å². The van der Waals surface area contributed by atoms with E-state index in [9.17, 15) is 0 Å². The Morgan fingerprint density at radius 1 is 0.903 bits per heavy atom. The van der Waals surface area contributed by atoms with Crippen LogP contribution in [0.3, 0.4) is 0 Å². The van der Waals surface area contributed by atoms with Crippen LogP contribution in [0.5, 0.6) is 0 Å². The van der Waals surface area contributed by atoms with Gasteiger partial charge in [-0.2, -0.15) is 0 Å². The first kappa shape index (κ1) is 39.6. The third kappa shape index (κ3) is 26.1. The van der Waals surface area contributed by atoms with Gasteiger partial charge in [0.05, 0.1) is 0 Å². The fourth-order valence-corrected chi connectivity index (χ4v) is 1.68. The zero-order valence-corrected chi connectivity index (χ0v) is 23.8. The molecule has 0 spiro atoms. The summed E-state index contributed by atoms with van der Waals surface area (Å²) in [7, 11) is 0. The van der Waals surface area contributed by atoms with Crippen LogP contribution < -0.4 is 0 Å². The zero-order valence-electron chi connectivity index (χ0n) is 23.8. The van der Waals surface area contributed by atoms with Gasteiger partial charge in [0, 0.05) is 0 Å². The maximum atomic E-state index is 3.90. The molecule has 1 rings (SSSR count). The van der Waals surface area contributed by atoms with Gasteiger partial charge in [0.25, 0.3) is 0 Å². The molecule has 0 radical (unpaired) electrons. The first-order chi connectivity index (χ1) is 14.7. The molecule has 0 saturated heterocycles. The van der Waals surface area contributed by atoms with Gasteiger partial charge in [0.2, 0.25) is 0 Å². The maximum absolute atomic E-state index is 3.90. The van der Waals surface area contributed by atoms with E-state index in [0.717, 1.165) is 6.42 Å². The second kappa shape index (κ2) is 30.4. The Bertz CT molecular complexity index is 541. The summed E-state index contributed by atoms with van der Waals surface area (Å²) in [5.74, 6) is 0. The van der Waals surface area contributed by atoms with Gasteiger partial charge >= 0.3 is 0 Å². The Morgan fingerprint density at radius 2 is 1.32 bits per heavy atom. The van der Waals surface area contributed by atoms with Crippen molar-refractivity contribution >= 4 is 0 Å². The molecule has 0 atom stereocenters. The number of benzene rings is 1. The van der Waals surface area contributed by atoms with E-state index in [2.05, 4.69) is 92.5 Å². The van der Waals surface area contributed by atoms with Crippen LogP contribution in [0, 0.1) is 12.3 Å². The summed E-state index contributed by atoms with van der Waals surface area (Å²) in [5, 5.41) is 0. The second-order valence-corrected chi connectivity index (χ2v) is 7.01. The highest BCUT2D eigenvalue weighted by molar-refractivity contribution is 5.34. The summed E-state index contributed by atoms with van der Waals surface area (Å²) < 4.78 is 0. The lowest BCUT2D eigenvalue weighted by Crippen LogP contribution is -2.09. The van der Waals surface area contributed by atoms with Crippen molar-refractivity contribution in [3.05, 3.63) is 84.5 Å². The number of hydrogen-bond donors (Lipinski definition) is 0. The number of hydrogen-bond acceptors (Lipinski definition) is 0. The molecule has 0 N–H and O–H groups in total. The molecule has 0 fully saturated rings. The van der Waals surface area contributed by atoms with Gasteiger partial charge in [-0.15, -0.1) is 0 Å². The van der Waals surface area contributed by atoms with Crippen LogP contribution in [0.4, 0.5) is 0 Å². The smallest absolute Gasteiger partial charge is 0.00234 e. The monoisotopic (exact) mass is 430 g/mol. The SMILES string of the molecule is C=C(C)C(C)(C)CC.C=C/C=C(\C=C)Cc1ccccc1C.CC.CC.CC.CCC. The second-order valence-electron chi connectivity index (χ2n) is 7.01. The summed E-state index contributed by atoms with van der Waals surface area (Å²) in [6.07, 6.45) is 9.05. The molecule has 0 bridgehead atoms. The Morgan fingerprint density at radius 3 is 1.58 bits per heavy atom. The quantitative estimate of drug-likeness (QED) is 0.311. The van der Waals surface area contributed by atoms with Gasteiger partial charge in [-0.05, 0) is 48.8 Å². The highest BCUT2D eigenvalue weighted by atomic mass is 14.2. The van der Waals surface area contributed by atoms with Crippen molar-refractivity contribution in [3.8, 4) is 0 Å². The number of aryl methyl sites for hydroxylation is 1. The maximum Gasteiger partial charge on any atom is -0.00234 e. The largest absolute Gasteiger partial charge is 0.0996 e. The Balaban J connectivity index is -0.000000113. The Labute approximate surface area is 199 Å². The fraction of sp³-hybridized carbons (Fsp3) is 0.548. The number of allylic oxidation sites excluding steroid dienone is 5. The zero-order chi connectivity index (χ0) is 25.9. The third-order valence-electron chi connectivity index (χ3n) is 4.29. The first-order valence-electron chi connectivity index (χ1n) is 12.3. The summed E-state index contributed by atoms with van der Waals surface area (Å²) >= 11 is 0. The first-order valence-corrected chi connectivity index (χ1v) is 12.3. The van der Waals surface area contributed by atoms with Gasteiger partial charge in [-0.3, -0.25) is 0 Å². The normalized spacial score (nSPS) is 9.13. The van der Waals surface area contributed by atoms with Crippen molar-refractivity contribution in [2.45, 2.75) is 109 Å². The molecule has 0 aliphatic carbocycles. The van der Waals surface area contributed by atoms with Gasteiger partial charge < -0.3 is 0 Å². The minimum absolute atomic E-state index is 0.347. The van der Waals surface area contributed by atoms with Crippen molar-refractivity contribution in [3.63, 3.8) is 0 Å². The molecule has 0 unspecified atom stereocenters. The van der Waals surface area contributed by atoms with Crippen molar-refractivity contribution in [2.24, 2.45) is 5.41 Å². The van der Waals surface area contributed by atoms with Crippen LogP contribution >= 0.6 is 0 Å². The van der Waals surface area contributed by atoms with Gasteiger partial charge in [-0.1, -0.05) is 150 Å². The highest BCUT2D eigenvalue weighted by Crippen LogP contribution is 2.27. The van der Waals surface area contributed by atoms with Crippen molar-refractivity contribution in [1.82, 2.24) is 0 Å². The molecule has 1 aromatic rings. The van der Waals surface area contributed by atoms with E-state index < -0.39 is 0 Å². The molecule has 1 aromatic carbocycles.